The Hall–Kier alpha value is -0.510. The lowest BCUT2D eigenvalue weighted by Crippen LogP contribution is -1.96. The van der Waals surface area contributed by atoms with Gasteiger partial charge in [0.25, 0.3) is 0 Å². The van der Waals surface area contributed by atoms with Gasteiger partial charge in [0.2, 0.25) is 0 Å². The van der Waals surface area contributed by atoms with Crippen molar-refractivity contribution in [1.29, 1.82) is 0 Å². The maximum absolute atomic E-state index is 10.7. The zero-order valence-corrected chi connectivity index (χ0v) is 11.3. The number of allylic oxidation sites excluding steroid dienone is 1. The Morgan fingerprint density at radius 1 is 1.38 bits per heavy atom. The molecule has 0 aromatic heterocycles. The van der Waals surface area contributed by atoms with E-state index in [1.165, 1.54) is 0 Å². The number of carboxylic acid groups (broad SMARTS) is 1. The van der Waals surface area contributed by atoms with Crippen molar-refractivity contribution in [1.82, 2.24) is 0 Å². The van der Waals surface area contributed by atoms with E-state index < -0.39 is 10.8 Å². The summed E-state index contributed by atoms with van der Waals surface area (Å²) in [4.78, 5) is 10.0. The lowest BCUT2D eigenvalue weighted by Gasteiger charge is -2.07. The molecule has 0 heterocycles. The number of rotatable bonds is 4. The first-order valence-corrected chi connectivity index (χ1v) is 6.13. The van der Waals surface area contributed by atoms with E-state index in [2.05, 4.69) is 15.9 Å². The molecular formula is C11H9BrCl2O2. The quantitative estimate of drug-likeness (QED) is 0.668. The van der Waals surface area contributed by atoms with Crippen LogP contribution in [0.1, 0.15) is 12.0 Å². The second-order valence-corrected chi connectivity index (χ2v) is 5.30. The number of carboxylic acids is 1. The van der Waals surface area contributed by atoms with Gasteiger partial charge in [-0.1, -0.05) is 28.1 Å². The van der Waals surface area contributed by atoms with Crippen LogP contribution in [0.3, 0.4) is 0 Å². The minimum absolute atomic E-state index is 0.303. The average Bonchev–Trinajstić information content (AvgIpc) is 2.16. The molecule has 16 heavy (non-hydrogen) atoms. The van der Waals surface area contributed by atoms with Gasteiger partial charge in [0.15, 0.2) is 0 Å². The van der Waals surface area contributed by atoms with E-state index in [1.54, 1.807) is 0 Å². The van der Waals surface area contributed by atoms with E-state index in [1.807, 2.05) is 24.3 Å². The van der Waals surface area contributed by atoms with Crippen molar-refractivity contribution in [3.63, 3.8) is 0 Å². The van der Waals surface area contributed by atoms with Gasteiger partial charge >= 0.3 is 5.97 Å². The van der Waals surface area contributed by atoms with E-state index in [9.17, 15) is 4.79 Å². The second kappa shape index (κ2) is 6.28. The van der Waals surface area contributed by atoms with E-state index >= 15 is 0 Å². The molecule has 2 nitrogen and oxygen atoms in total. The van der Waals surface area contributed by atoms with Crippen molar-refractivity contribution in [2.24, 2.45) is 0 Å². The van der Waals surface area contributed by atoms with Crippen LogP contribution in [-0.4, -0.2) is 15.9 Å². The van der Waals surface area contributed by atoms with Crippen LogP contribution in [0, 0.1) is 0 Å². The van der Waals surface area contributed by atoms with Crippen LogP contribution in [0.5, 0.6) is 0 Å². The summed E-state index contributed by atoms with van der Waals surface area (Å²) in [5, 5.41) is 8.74. The Kier molecular flexibility index (Phi) is 5.32. The summed E-state index contributed by atoms with van der Waals surface area (Å²) >= 11 is 14.6. The number of alkyl halides is 2. The zero-order valence-electron chi connectivity index (χ0n) is 8.16. The summed E-state index contributed by atoms with van der Waals surface area (Å²) in [7, 11) is 0. The lowest BCUT2D eigenvalue weighted by atomic mass is 10.0. The summed E-state index contributed by atoms with van der Waals surface area (Å²) in [5.41, 5.74) is 1.41. The monoisotopic (exact) mass is 322 g/mol. The largest absolute Gasteiger partial charge is 0.478 e. The van der Waals surface area contributed by atoms with Crippen LogP contribution >= 0.6 is 39.1 Å². The maximum Gasteiger partial charge on any atom is 0.328 e. The minimum Gasteiger partial charge on any atom is -0.478 e. The van der Waals surface area contributed by atoms with Gasteiger partial charge in [-0.15, -0.1) is 23.2 Å². The Morgan fingerprint density at radius 3 is 2.38 bits per heavy atom. The number of halogens is 3. The van der Waals surface area contributed by atoms with Crippen LogP contribution in [0.25, 0.3) is 5.57 Å². The van der Waals surface area contributed by atoms with Crippen molar-refractivity contribution < 1.29 is 9.90 Å². The van der Waals surface area contributed by atoms with Crippen molar-refractivity contribution in [3.8, 4) is 0 Å². The fourth-order valence-electron chi connectivity index (χ4n) is 1.24. The van der Waals surface area contributed by atoms with Gasteiger partial charge in [0.1, 0.15) is 4.84 Å². The summed E-state index contributed by atoms with van der Waals surface area (Å²) in [5.74, 6) is -1.01. The van der Waals surface area contributed by atoms with Gasteiger partial charge in [-0.3, -0.25) is 0 Å². The molecule has 0 saturated carbocycles. The average molecular weight is 324 g/mol. The first-order chi connectivity index (χ1) is 7.49. The van der Waals surface area contributed by atoms with Crippen molar-refractivity contribution in [2.45, 2.75) is 11.3 Å². The van der Waals surface area contributed by atoms with Gasteiger partial charge in [-0.05, 0) is 23.3 Å². The minimum atomic E-state index is -1.01. The highest BCUT2D eigenvalue weighted by atomic mass is 79.9. The lowest BCUT2D eigenvalue weighted by molar-refractivity contribution is -0.131. The molecule has 0 spiro atoms. The van der Waals surface area contributed by atoms with E-state index in [-0.39, 0.29) is 0 Å². The van der Waals surface area contributed by atoms with Gasteiger partial charge in [0, 0.05) is 17.0 Å². The molecule has 0 aliphatic heterocycles. The van der Waals surface area contributed by atoms with Gasteiger partial charge in [0.05, 0.1) is 0 Å². The molecule has 1 N–H and O–H groups in total. The molecular weight excluding hydrogens is 315 g/mol. The molecule has 0 aliphatic carbocycles. The first kappa shape index (κ1) is 13.6. The van der Waals surface area contributed by atoms with Gasteiger partial charge in [-0.25, -0.2) is 4.79 Å². The summed E-state index contributed by atoms with van der Waals surface area (Å²) < 4.78 is 0.930. The summed E-state index contributed by atoms with van der Waals surface area (Å²) in [6.07, 6.45) is 1.43. The highest BCUT2D eigenvalue weighted by Gasteiger charge is 2.09. The van der Waals surface area contributed by atoms with Crippen molar-refractivity contribution in [3.05, 3.63) is 40.4 Å². The zero-order chi connectivity index (χ0) is 12.1. The number of carbonyl (C=O) groups is 1. The highest BCUT2D eigenvalue weighted by Crippen LogP contribution is 2.25. The Bertz CT molecular complexity index is 399. The van der Waals surface area contributed by atoms with Gasteiger partial charge < -0.3 is 5.11 Å². The number of aliphatic carboxylic acids is 1. The Balaban J connectivity index is 3.01. The molecule has 86 valence electrons. The van der Waals surface area contributed by atoms with Crippen molar-refractivity contribution in [2.75, 3.05) is 0 Å². The third-order valence-corrected chi connectivity index (χ3v) is 2.72. The molecule has 0 unspecified atom stereocenters. The molecule has 0 bridgehead atoms. The van der Waals surface area contributed by atoms with Gasteiger partial charge in [-0.2, -0.15) is 0 Å². The fraction of sp³-hybridized carbons (Fsp3) is 0.182. The third-order valence-electron chi connectivity index (χ3n) is 1.89. The summed E-state index contributed by atoms with van der Waals surface area (Å²) in [6, 6.07) is 7.30. The topological polar surface area (TPSA) is 37.3 Å². The SMILES string of the molecule is O=C(O)/C=C(/CC(Cl)Cl)c1ccc(Br)cc1. The molecule has 0 fully saturated rings. The predicted octanol–water partition coefficient (Wildman–Crippen LogP) is 4.11. The van der Waals surface area contributed by atoms with Crippen LogP contribution in [0.15, 0.2) is 34.8 Å². The maximum atomic E-state index is 10.7. The summed E-state index contributed by atoms with van der Waals surface area (Å²) in [6.45, 7) is 0. The smallest absolute Gasteiger partial charge is 0.328 e. The first-order valence-electron chi connectivity index (χ1n) is 4.46. The fourth-order valence-corrected chi connectivity index (χ4v) is 1.84. The third kappa shape index (κ3) is 4.56. The molecule has 1 aromatic carbocycles. The van der Waals surface area contributed by atoms with Crippen molar-refractivity contribution >= 4 is 50.7 Å². The van der Waals surface area contributed by atoms with E-state index in [0.717, 1.165) is 16.1 Å². The molecule has 0 atom stereocenters. The number of hydrogen-bond acceptors (Lipinski definition) is 1. The molecule has 0 amide bonds. The number of benzene rings is 1. The molecule has 5 heteroatoms. The van der Waals surface area contributed by atoms with Crippen LogP contribution < -0.4 is 0 Å². The predicted molar refractivity (Wildman–Crippen MR) is 69.9 cm³/mol. The second-order valence-electron chi connectivity index (χ2n) is 3.11. The van der Waals surface area contributed by atoms with Crippen LogP contribution in [0.2, 0.25) is 0 Å². The molecule has 0 aliphatic rings. The van der Waals surface area contributed by atoms with Crippen LogP contribution in [0.4, 0.5) is 0 Å². The highest BCUT2D eigenvalue weighted by molar-refractivity contribution is 9.10. The Labute approximate surface area is 112 Å². The molecule has 0 saturated heterocycles. The normalized spacial score (nSPS) is 11.9. The van der Waals surface area contributed by atoms with E-state index in [4.69, 9.17) is 28.3 Å². The Morgan fingerprint density at radius 2 is 1.94 bits per heavy atom. The van der Waals surface area contributed by atoms with E-state index in [0.29, 0.717) is 12.0 Å². The molecule has 1 aromatic rings. The molecule has 1 rings (SSSR count). The van der Waals surface area contributed by atoms with Crippen LogP contribution in [-0.2, 0) is 4.79 Å². The molecule has 0 radical (unpaired) electrons. The standard InChI is InChI=1S/C11H9BrCl2O2/c12-9-3-1-7(2-4-9)8(5-10(13)14)6-11(15)16/h1-4,6,10H,5H2,(H,15,16)/b8-6-. The number of hydrogen-bond donors (Lipinski definition) is 1.